The van der Waals surface area contributed by atoms with E-state index in [1.165, 1.54) is 18.4 Å². The summed E-state index contributed by atoms with van der Waals surface area (Å²) < 4.78 is 9.84. The number of carbonyl (C=O) groups excluding carboxylic acids is 1. The lowest BCUT2D eigenvalue weighted by atomic mass is 10.1. The Morgan fingerprint density at radius 1 is 0.870 bits per heavy atom. The molecule has 0 aliphatic carbocycles. The molecular formula is C17H14N2O3S. The molecule has 0 saturated heterocycles. The maximum Gasteiger partial charge on any atom is 0.337 e. The zero-order valence-corrected chi connectivity index (χ0v) is 13.5. The van der Waals surface area contributed by atoms with E-state index < -0.39 is 0 Å². The van der Waals surface area contributed by atoms with Gasteiger partial charge in [0.1, 0.15) is 15.8 Å². The molecule has 3 aromatic rings. The molecule has 3 rings (SSSR count). The molecule has 0 bridgehead atoms. The molecule has 0 unspecified atom stereocenters. The first kappa shape index (κ1) is 15.2. The molecule has 0 atom stereocenters. The lowest BCUT2D eigenvalue weighted by molar-refractivity contribution is 0.0601. The van der Waals surface area contributed by atoms with Gasteiger partial charge in [0, 0.05) is 11.1 Å². The van der Waals surface area contributed by atoms with Gasteiger partial charge in [0.2, 0.25) is 0 Å². The summed E-state index contributed by atoms with van der Waals surface area (Å²) in [4.78, 5) is 11.4. The van der Waals surface area contributed by atoms with Crippen molar-refractivity contribution in [3.05, 3.63) is 54.1 Å². The molecule has 0 amide bonds. The van der Waals surface area contributed by atoms with Crippen LogP contribution in [0.1, 0.15) is 10.4 Å². The number of nitrogens with zero attached hydrogens (tertiary/aromatic N) is 2. The Morgan fingerprint density at radius 3 is 1.87 bits per heavy atom. The summed E-state index contributed by atoms with van der Waals surface area (Å²) in [7, 11) is 3.00. The molecular weight excluding hydrogens is 312 g/mol. The van der Waals surface area contributed by atoms with Gasteiger partial charge in [-0.25, -0.2) is 4.79 Å². The van der Waals surface area contributed by atoms with Crippen molar-refractivity contribution in [2.75, 3.05) is 14.2 Å². The predicted octanol–water partition coefficient (Wildman–Crippen LogP) is 3.67. The first-order valence-corrected chi connectivity index (χ1v) is 7.69. The molecule has 23 heavy (non-hydrogen) atoms. The molecule has 0 spiro atoms. The van der Waals surface area contributed by atoms with E-state index in [2.05, 4.69) is 14.9 Å². The Bertz CT molecular complexity index is 811. The standard InChI is InChI=1S/C17H14N2O3S/c1-21-14-9-7-12(8-10-14)16-19-18-15(23-16)11-3-5-13(6-4-11)17(20)22-2/h3-10H,1-2H3. The van der Waals surface area contributed by atoms with E-state index in [0.717, 1.165) is 26.9 Å². The van der Waals surface area contributed by atoms with Crippen LogP contribution in [-0.4, -0.2) is 30.4 Å². The molecule has 1 heterocycles. The second-order valence-corrected chi connectivity index (χ2v) is 5.69. The van der Waals surface area contributed by atoms with E-state index in [0.29, 0.717) is 5.56 Å². The van der Waals surface area contributed by atoms with E-state index in [1.807, 2.05) is 36.4 Å². The highest BCUT2D eigenvalue weighted by Crippen LogP contribution is 2.30. The molecule has 0 radical (unpaired) electrons. The molecule has 0 N–H and O–H groups in total. The lowest BCUT2D eigenvalue weighted by Crippen LogP contribution is -2.00. The van der Waals surface area contributed by atoms with Crippen LogP contribution in [0, 0.1) is 0 Å². The van der Waals surface area contributed by atoms with Crippen LogP contribution in [-0.2, 0) is 4.74 Å². The van der Waals surface area contributed by atoms with Gasteiger partial charge in [0.05, 0.1) is 19.8 Å². The van der Waals surface area contributed by atoms with Gasteiger partial charge < -0.3 is 9.47 Å². The van der Waals surface area contributed by atoms with Crippen molar-refractivity contribution in [2.24, 2.45) is 0 Å². The second kappa shape index (κ2) is 6.58. The topological polar surface area (TPSA) is 61.3 Å². The number of ether oxygens (including phenoxy) is 2. The third-order valence-electron chi connectivity index (χ3n) is 3.31. The highest BCUT2D eigenvalue weighted by atomic mass is 32.1. The zero-order chi connectivity index (χ0) is 16.2. The summed E-state index contributed by atoms with van der Waals surface area (Å²) >= 11 is 1.49. The van der Waals surface area contributed by atoms with Crippen LogP contribution in [0.3, 0.4) is 0 Å². The molecule has 6 heteroatoms. The second-order valence-electron chi connectivity index (χ2n) is 4.71. The molecule has 0 aliphatic rings. The number of carbonyl (C=O) groups is 1. The Balaban J connectivity index is 1.84. The highest BCUT2D eigenvalue weighted by Gasteiger charge is 2.10. The average molecular weight is 326 g/mol. The molecule has 5 nitrogen and oxygen atoms in total. The van der Waals surface area contributed by atoms with E-state index in [4.69, 9.17) is 4.74 Å². The van der Waals surface area contributed by atoms with Gasteiger partial charge in [-0.05, 0) is 36.4 Å². The molecule has 1 aromatic heterocycles. The molecule has 116 valence electrons. The molecule has 0 saturated carbocycles. The smallest absolute Gasteiger partial charge is 0.337 e. The molecule has 0 fully saturated rings. The Hall–Kier alpha value is -2.73. The van der Waals surface area contributed by atoms with Crippen molar-refractivity contribution in [1.82, 2.24) is 10.2 Å². The van der Waals surface area contributed by atoms with Crippen LogP contribution in [0.2, 0.25) is 0 Å². The monoisotopic (exact) mass is 326 g/mol. The van der Waals surface area contributed by atoms with Crippen molar-refractivity contribution in [3.63, 3.8) is 0 Å². The van der Waals surface area contributed by atoms with Crippen LogP contribution in [0.5, 0.6) is 5.75 Å². The highest BCUT2D eigenvalue weighted by molar-refractivity contribution is 7.17. The predicted molar refractivity (Wildman–Crippen MR) is 88.7 cm³/mol. The van der Waals surface area contributed by atoms with Crippen molar-refractivity contribution in [1.29, 1.82) is 0 Å². The normalized spacial score (nSPS) is 10.3. The van der Waals surface area contributed by atoms with Gasteiger partial charge in [-0.1, -0.05) is 23.5 Å². The first-order valence-electron chi connectivity index (χ1n) is 6.88. The zero-order valence-electron chi connectivity index (χ0n) is 12.6. The largest absolute Gasteiger partial charge is 0.497 e. The van der Waals surface area contributed by atoms with Crippen LogP contribution in [0.4, 0.5) is 0 Å². The number of hydrogen-bond acceptors (Lipinski definition) is 6. The maximum atomic E-state index is 11.4. The quantitative estimate of drug-likeness (QED) is 0.685. The minimum absolute atomic E-state index is 0.354. The summed E-state index contributed by atoms with van der Waals surface area (Å²) in [6.07, 6.45) is 0. The first-order chi connectivity index (χ1) is 11.2. The minimum atomic E-state index is -0.354. The third-order valence-corrected chi connectivity index (χ3v) is 4.34. The van der Waals surface area contributed by atoms with Crippen molar-refractivity contribution in [3.8, 4) is 26.9 Å². The summed E-state index contributed by atoms with van der Waals surface area (Å²) in [5.41, 5.74) is 2.41. The number of rotatable bonds is 4. The van der Waals surface area contributed by atoms with Crippen LogP contribution in [0.25, 0.3) is 21.1 Å². The van der Waals surface area contributed by atoms with Crippen molar-refractivity contribution in [2.45, 2.75) is 0 Å². The Labute approximate surface area is 137 Å². The Morgan fingerprint density at radius 2 is 1.39 bits per heavy atom. The van der Waals surface area contributed by atoms with Crippen molar-refractivity contribution < 1.29 is 14.3 Å². The Kier molecular flexibility index (Phi) is 4.34. The van der Waals surface area contributed by atoms with Gasteiger partial charge in [0.25, 0.3) is 0 Å². The number of hydrogen-bond donors (Lipinski definition) is 0. The summed E-state index contributed by atoms with van der Waals surface area (Å²) in [6.45, 7) is 0. The lowest BCUT2D eigenvalue weighted by Gasteiger charge is -2.00. The minimum Gasteiger partial charge on any atom is -0.497 e. The molecule has 0 aliphatic heterocycles. The fraction of sp³-hybridized carbons (Fsp3) is 0.118. The number of benzene rings is 2. The fourth-order valence-electron chi connectivity index (χ4n) is 2.06. The van der Waals surface area contributed by atoms with Crippen LogP contribution < -0.4 is 4.74 Å². The van der Waals surface area contributed by atoms with Gasteiger partial charge in [-0.3, -0.25) is 0 Å². The summed E-state index contributed by atoms with van der Waals surface area (Å²) in [5, 5.41) is 10.1. The van der Waals surface area contributed by atoms with Crippen molar-refractivity contribution >= 4 is 17.3 Å². The van der Waals surface area contributed by atoms with E-state index >= 15 is 0 Å². The van der Waals surface area contributed by atoms with E-state index in [-0.39, 0.29) is 5.97 Å². The van der Waals surface area contributed by atoms with Gasteiger partial charge in [-0.15, -0.1) is 10.2 Å². The van der Waals surface area contributed by atoms with Gasteiger partial charge in [-0.2, -0.15) is 0 Å². The summed E-state index contributed by atoms with van der Waals surface area (Å²) in [5.74, 6) is 0.449. The number of esters is 1. The number of aromatic nitrogens is 2. The fourth-order valence-corrected chi connectivity index (χ4v) is 2.91. The number of methoxy groups -OCH3 is 2. The summed E-state index contributed by atoms with van der Waals surface area (Å²) in [6, 6.07) is 14.8. The maximum absolute atomic E-state index is 11.4. The third kappa shape index (κ3) is 3.22. The van der Waals surface area contributed by atoms with E-state index in [1.54, 1.807) is 19.2 Å². The SMILES string of the molecule is COC(=O)c1ccc(-c2nnc(-c3ccc(OC)cc3)s2)cc1. The van der Waals surface area contributed by atoms with E-state index in [9.17, 15) is 4.79 Å². The van der Waals surface area contributed by atoms with Gasteiger partial charge in [0.15, 0.2) is 0 Å². The average Bonchev–Trinajstić information content (AvgIpc) is 3.11. The van der Waals surface area contributed by atoms with Gasteiger partial charge >= 0.3 is 5.97 Å². The van der Waals surface area contributed by atoms with Crippen LogP contribution in [0.15, 0.2) is 48.5 Å². The molecule has 2 aromatic carbocycles. The van der Waals surface area contributed by atoms with Crippen LogP contribution >= 0.6 is 11.3 Å².